The number of carbonyl (C=O) groups excluding carboxylic acids is 1. The van der Waals surface area contributed by atoms with Crippen LogP contribution in [0.2, 0.25) is 5.02 Å². The van der Waals surface area contributed by atoms with Crippen molar-refractivity contribution < 1.29 is 18.7 Å². The molecule has 0 aromatic heterocycles. The third-order valence-electron chi connectivity index (χ3n) is 4.12. The first kappa shape index (κ1) is 17.5. The lowest BCUT2D eigenvalue weighted by atomic mass is 10.1. The van der Waals surface area contributed by atoms with Gasteiger partial charge in [0, 0.05) is 12.6 Å². The van der Waals surface area contributed by atoms with Gasteiger partial charge >= 0.3 is 0 Å². The SMILES string of the molecule is COc1cc(N)c(Cl)cc1C(=O)N1CCOC(c2cccc(F)c2)C1. The Bertz CT molecular complexity index is 800. The van der Waals surface area contributed by atoms with Crippen LogP contribution in [0, 0.1) is 5.82 Å². The molecule has 0 saturated carbocycles. The van der Waals surface area contributed by atoms with Gasteiger partial charge in [-0.25, -0.2) is 4.39 Å². The molecule has 0 radical (unpaired) electrons. The summed E-state index contributed by atoms with van der Waals surface area (Å²) >= 11 is 6.05. The predicted molar refractivity (Wildman–Crippen MR) is 93.4 cm³/mol. The normalized spacial score (nSPS) is 17.4. The second kappa shape index (κ2) is 7.29. The Labute approximate surface area is 150 Å². The summed E-state index contributed by atoms with van der Waals surface area (Å²) in [5.41, 5.74) is 7.13. The minimum Gasteiger partial charge on any atom is -0.496 e. The van der Waals surface area contributed by atoms with E-state index in [1.54, 1.807) is 17.0 Å². The quantitative estimate of drug-likeness (QED) is 0.849. The monoisotopic (exact) mass is 364 g/mol. The van der Waals surface area contributed by atoms with Gasteiger partial charge in [0.1, 0.15) is 17.7 Å². The number of morpholine rings is 1. The number of anilines is 1. The fourth-order valence-electron chi connectivity index (χ4n) is 2.82. The standard InChI is InChI=1S/C18H18ClFN2O3/c1-24-16-9-15(21)14(19)8-13(16)18(23)22-5-6-25-17(10-22)11-3-2-4-12(20)7-11/h2-4,7-9,17H,5-6,10,21H2,1H3. The molecule has 1 aliphatic rings. The molecule has 2 N–H and O–H groups in total. The molecule has 132 valence electrons. The summed E-state index contributed by atoms with van der Waals surface area (Å²) < 4.78 is 24.4. The molecular weight excluding hydrogens is 347 g/mol. The molecule has 3 rings (SSSR count). The highest BCUT2D eigenvalue weighted by Crippen LogP contribution is 2.31. The number of rotatable bonds is 3. The summed E-state index contributed by atoms with van der Waals surface area (Å²) in [7, 11) is 1.47. The maximum absolute atomic E-state index is 13.4. The van der Waals surface area contributed by atoms with Crippen molar-refractivity contribution >= 4 is 23.2 Å². The van der Waals surface area contributed by atoms with Crippen molar-refractivity contribution in [1.82, 2.24) is 4.90 Å². The van der Waals surface area contributed by atoms with Crippen LogP contribution in [-0.4, -0.2) is 37.6 Å². The van der Waals surface area contributed by atoms with Crippen LogP contribution in [0.3, 0.4) is 0 Å². The van der Waals surface area contributed by atoms with E-state index in [-0.39, 0.29) is 17.8 Å². The number of amides is 1. The molecule has 2 aromatic carbocycles. The van der Waals surface area contributed by atoms with Gasteiger partial charge in [0.15, 0.2) is 0 Å². The first-order valence-corrected chi connectivity index (χ1v) is 8.16. The summed E-state index contributed by atoms with van der Waals surface area (Å²) in [6, 6.07) is 9.22. The number of hydrogen-bond donors (Lipinski definition) is 1. The van der Waals surface area contributed by atoms with Crippen LogP contribution in [0.1, 0.15) is 22.0 Å². The Hall–Kier alpha value is -2.31. The van der Waals surface area contributed by atoms with Gasteiger partial charge in [-0.15, -0.1) is 0 Å². The predicted octanol–water partition coefficient (Wildman–Crippen LogP) is 3.28. The van der Waals surface area contributed by atoms with Gasteiger partial charge in [0.2, 0.25) is 0 Å². The van der Waals surface area contributed by atoms with Gasteiger partial charge in [-0.1, -0.05) is 23.7 Å². The minimum atomic E-state index is -0.386. The Kier molecular flexibility index (Phi) is 5.11. The summed E-state index contributed by atoms with van der Waals surface area (Å²) in [5, 5.41) is 0.291. The van der Waals surface area contributed by atoms with Crippen LogP contribution in [0.5, 0.6) is 5.75 Å². The lowest BCUT2D eigenvalue weighted by Gasteiger charge is -2.33. The number of nitrogens with two attached hydrogens (primary N) is 1. The average molecular weight is 365 g/mol. The van der Waals surface area contributed by atoms with Crippen molar-refractivity contribution in [1.29, 1.82) is 0 Å². The molecule has 1 heterocycles. The molecule has 1 saturated heterocycles. The van der Waals surface area contributed by atoms with E-state index in [0.717, 1.165) is 0 Å². The van der Waals surface area contributed by atoms with Crippen LogP contribution in [0.4, 0.5) is 10.1 Å². The second-order valence-electron chi connectivity index (χ2n) is 5.74. The number of hydrogen-bond acceptors (Lipinski definition) is 4. The molecular formula is C18H18ClFN2O3. The van der Waals surface area contributed by atoms with Crippen molar-refractivity contribution in [2.45, 2.75) is 6.10 Å². The van der Waals surface area contributed by atoms with Crippen LogP contribution in [0.25, 0.3) is 0 Å². The lowest BCUT2D eigenvalue weighted by molar-refractivity contribution is -0.0230. The van der Waals surface area contributed by atoms with E-state index in [0.29, 0.717) is 47.3 Å². The highest BCUT2D eigenvalue weighted by Gasteiger charge is 2.28. The van der Waals surface area contributed by atoms with E-state index in [1.165, 1.54) is 31.4 Å². The molecule has 1 unspecified atom stereocenters. The van der Waals surface area contributed by atoms with Gasteiger partial charge < -0.3 is 20.1 Å². The number of nitrogens with zero attached hydrogens (tertiary/aromatic N) is 1. The van der Waals surface area contributed by atoms with E-state index in [2.05, 4.69) is 0 Å². The Balaban J connectivity index is 1.84. The number of methoxy groups -OCH3 is 1. The number of benzene rings is 2. The second-order valence-corrected chi connectivity index (χ2v) is 6.15. The molecule has 0 spiro atoms. The summed E-state index contributed by atoms with van der Waals surface area (Å²) in [4.78, 5) is 14.5. The van der Waals surface area contributed by atoms with Crippen LogP contribution in [0.15, 0.2) is 36.4 Å². The summed E-state index contributed by atoms with van der Waals surface area (Å²) in [6.45, 7) is 1.10. The third kappa shape index (κ3) is 3.70. The smallest absolute Gasteiger partial charge is 0.257 e. The molecule has 5 nitrogen and oxygen atoms in total. The Morgan fingerprint density at radius 3 is 2.92 bits per heavy atom. The molecule has 0 bridgehead atoms. The van der Waals surface area contributed by atoms with Gasteiger partial charge in [0.05, 0.1) is 36.5 Å². The van der Waals surface area contributed by atoms with Crippen molar-refractivity contribution in [3.05, 3.63) is 58.4 Å². The molecule has 1 aliphatic heterocycles. The molecule has 1 fully saturated rings. The third-order valence-corrected chi connectivity index (χ3v) is 4.45. The van der Waals surface area contributed by atoms with Crippen molar-refractivity contribution in [2.24, 2.45) is 0 Å². The van der Waals surface area contributed by atoms with Crippen LogP contribution < -0.4 is 10.5 Å². The first-order valence-electron chi connectivity index (χ1n) is 7.79. The molecule has 25 heavy (non-hydrogen) atoms. The molecule has 1 atom stereocenters. The van der Waals surface area contributed by atoms with E-state index >= 15 is 0 Å². The minimum absolute atomic E-state index is 0.233. The fourth-order valence-corrected chi connectivity index (χ4v) is 2.98. The topological polar surface area (TPSA) is 64.8 Å². The summed E-state index contributed by atoms with van der Waals surface area (Å²) in [6.07, 6.45) is -0.386. The van der Waals surface area contributed by atoms with E-state index in [4.69, 9.17) is 26.8 Å². The van der Waals surface area contributed by atoms with E-state index in [9.17, 15) is 9.18 Å². The molecule has 7 heteroatoms. The maximum Gasteiger partial charge on any atom is 0.257 e. The Morgan fingerprint density at radius 2 is 2.20 bits per heavy atom. The Morgan fingerprint density at radius 1 is 1.40 bits per heavy atom. The first-order chi connectivity index (χ1) is 12.0. The zero-order valence-corrected chi connectivity index (χ0v) is 14.4. The fraction of sp³-hybridized carbons (Fsp3) is 0.278. The van der Waals surface area contributed by atoms with E-state index < -0.39 is 0 Å². The number of nitrogen functional groups attached to an aromatic ring is 1. The molecule has 0 aliphatic carbocycles. The molecule has 2 aromatic rings. The van der Waals surface area contributed by atoms with E-state index in [1.807, 2.05) is 0 Å². The zero-order chi connectivity index (χ0) is 18.0. The van der Waals surface area contributed by atoms with Crippen LogP contribution in [-0.2, 0) is 4.74 Å². The van der Waals surface area contributed by atoms with Gasteiger partial charge in [-0.05, 0) is 23.8 Å². The largest absolute Gasteiger partial charge is 0.496 e. The maximum atomic E-state index is 13.4. The summed E-state index contributed by atoms with van der Waals surface area (Å²) in [5.74, 6) is -0.208. The highest BCUT2D eigenvalue weighted by molar-refractivity contribution is 6.33. The number of ether oxygens (including phenoxy) is 2. The highest BCUT2D eigenvalue weighted by atomic mass is 35.5. The van der Waals surface area contributed by atoms with Gasteiger partial charge in [-0.2, -0.15) is 0 Å². The van der Waals surface area contributed by atoms with Crippen molar-refractivity contribution in [3.63, 3.8) is 0 Å². The molecule has 1 amide bonds. The lowest BCUT2D eigenvalue weighted by Crippen LogP contribution is -2.42. The van der Waals surface area contributed by atoms with Crippen molar-refractivity contribution in [2.75, 3.05) is 32.5 Å². The van der Waals surface area contributed by atoms with Crippen LogP contribution >= 0.6 is 11.6 Å². The average Bonchev–Trinajstić information content (AvgIpc) is 2.63. The number of halogens is 2. The van der Waals surface area contributed by atoms with Gasteiger partial charge in [-0.3, -0.25) is 4.79 Å². The zero-order valence-electron chi connectivity index (χ0n) is 13.7. The van der Waals surface area contributed by atoms with Gasteiger partial charge in [0.25, 0.3) is 5.91 Å². The van der Waals surface area contributed by atoms with Crippen molar-refractivity contribution in [3.8, 4) is 5.75 Å². The number of carbonyl (C=O) groups is 1.